The molecule has 0 radical (unpaired) electrons. The molecule has 4 rings (SSSR count). The fourth-order valence-corrected chi connectivity index (χ4v) is 3.13. The van der Waals surface area contributed by atoms with E-state index in [1.54, 1.807) is 24.3 Å². The van der Waals surface area contributed by atoms with E-state index in [4.69, 9.17) is 0 Å². The van der Waals surface area contributed by atoms with Crippen LogP contribution in [0.2, 0.25) is 0 Å². The maximum absolute atomic E-state index is 12.4. The number of nitrogens with zero attached hydrogens (tertiary/aromatic N) is 2. The normalized spacial score (nSPS) is 19.3. The molecule has 0 fully saturated rings. The van der Waals surface area contributed by atoms with E-state index in [2.05, 4.69) is 11.1 Å². The van der Waals surface area contributed by atoms with E-state index in [1.807, 2.05) is 24.4 Å². The molecule has 4 nitrogen and oxygen atoms in total. The fourth-order valence-electron chi connectivity index (χ4n) is 3.13. The van der Waals surface area contributed by atoms with Crippen LogP contribution in [0.5, 0.6) is 0 Å². The Bertz CT molecular complexity index is 775. The number of rotatable bonds is 2. The first-order valence-corrected chi connectivity index (χ1v) is 7.30. The summed E-state index contributed by atoms with van der Waals surface area (Å²) in [6, 6.07) is 14.8. The maximum Gasteiger partial charge on any atom is 0.261 e. The largest absolute Gasteiger partial charge is 0.287 e. The van der Waals surface area contributed by atoms with Gasteiger partial charge in [0.05, 0.1) is 23.7 Å². The summed E-state index contributed by atoms with van der Waals surface area (Å²) in [6.45, 7) is 0.292. The van der Waals surface area contributed by atoms with Crippen LogP contribution in [0, 0.1) is 0 Å². The zero-order valence-corrected chi connectivity index (χ0v) is 11.9. The molecule has 2 aromatic carbocycles. The van der Waals surface area contributed by atoms with Gasteiger partial charge in [-0.15, -0.1) is 0 Å². The number of carbonyl (C=O) groups excluding carboxylic acids is 2. The molecule has 2 heterocycles. The van der Waals surface area contributed by atoms with E-state index in [0.717, 1.165) is 12.0 Å². The summed E-state index contributed by atoms with van der Waals surface area (Å²) in [4.78, 5) is 30.7. The summed E-state index contributed by atoms with van der Waals surface area (Å²) >= 11 is 0. The Kier molecular flexibility index (Phi) is 2.89. The molecule has 1 atom stereocenters. The molecule has 2 amide bonds. The van der Waals surface area contributed by atoms with Crippen LogP contribution in [-0.2, 0) is 6.42 Å². The van der Waals surface area contributed by atoms with Gasteiger partial charge in [0.1, 0.15) is 0 Å². The molecule has 0 N–H and O–H groups in total. The van der Waals surface area contributed by atoms with Crippen molar-refractivity contribution in [2.75, 3.05) is 6.54 Å². The number of hydrogen-bond acceptors (Lipinski definition) is 3. The monoisotopic (exact) mass is 290 g/mol. The van der Waals surface area contributed by atoms with Crippen molar-refractivity contribution >= 4 is 18.0 Å². The van der Waals surface area contributed by atoms with Crippen LogP contribution >= 0.6 is 0 Å². The van der Waals surface area contributed by atoms with Gasteiger partial charge in [0.15, 0.2) is 0 Å². The van der Waals surface area contributed by atoms with Crippen molar-refractivity contribution in [1.82, 2.24) is 4.90 Å². The summed E-state index contributed by atoms with van der Waals surface area (Å²) < 4.78 is 0. The van der Waals surface area contributed by atoms with Crippen LogP contribution in [0.4, 0.5) is 0 Å². The zero-order chi connectivity index (χ0) is 15.1. The molecule has 0 spiro atoms. The Balaban J connectivity index is 1.66. The number of carbonyl (C=O) groups is 2. The predicted molar refractivity (Wildman–Crippen MR) is 83.2 cm³/mol. The van der Waals surface area contributed by atoms with E-state index in [-0.39, 0.29) is 17.9 Å². The first-order valence-electron chi connectivity index (χ1n) is 7.30. The Morgan fingerprint density at radius 3 is 2.32 bits per heavy atom. The predicted octanol–water partition coefficient (Wildman–Crippen LogP) is 2.65. The minimum atomic E-state index is -0.223. The summed E-state index contributed by atoms with van der Waals surface area (Å²) in [5.74, 6) is -0.447. The maximum atomic E-state index is 12.4. The Morgan fingerprint density at radius 2 is 1.59 bits per heavy atom. The molecule has 0 saturated heterocycles. The highest BCUT2D eigenvalue weighted by atomic mass is 16.2. The molecule has 108 valence electrons. The van der Waals surface area contributed by atoms with E-state index in [9.17, 15) is 9.59 Å². The van der Waals surface area contributed by atoms with E-state index in [1.165, 1.54) is 10.5 Å². The molecule has 1 unspecified atom stereocenters. The molecule has 4 heteroatoms. The van der Waals surface area contributed by atoms with Gasteiger partial charge >= 0.3 is 0 Å². The number of aliphatic imine (C=N–C) groups is 1. The summed E-state index contributed by atoms with van der Waals surface area (Å²) in [7, 11) is 0. The summed E-state index contributed by atoms with van der Waals surface area (Å²) in [6.07, 6.45) is 2.67. The second kappa shape index (κ2) is 4.91. The van der Waals surface area contributed by atoms with Crippen molar-refractivity contribution < 1.29 is 9.59 Å². The quantitative estimate of drug-likeness (QED) is 0.798. The molecular formula is C18H14N2O2. The SMILES string of the molecule is O=C1c2ccccc2C(=O)N1CC1N=CCc2ccccc21. The van der Waals surface area contributed by atoms with Crippen molar-refractivity contribution in [2.45, 2.75) is 12.5 Å². The third-order valence-corrected chi connectivity index (χ3v) is 4.24. The standard InChI is InChI=1S/C18H14N2O2/c21-17-14-7-3-4-8-15(14)18(22)20(17)11-16-13-6-2-1-5-12(13)9-10-19-16/h1-8,10,16H,9,11H2. The molecule has 2 aromatic rings. The van der Waals surface area contributed by atoms with Crippen molar-refractivity contribution in [3.05, 3.63) is 70.8 Å². The van der Waals surface area contributed by atoms with E-state index >= 15 is 0 Å². The van der Waals surface area contributed by atoms with Gasteiger partial charge in [0.2, 0.25) is 0 Å². The molecule has 0 aromatic heterocycles. The van der Waals surface area contributed by atoms with Gasteiger partial charge in [-0.2, -0.15) is 0 Å². The number of imide groups is 1. The second-order valence-corrected chi connectivity index (χ2v) is 5.52. The van der Waals surface area contributed by atoms with Crippen LogP contribution in [0.25, 0.3) is 0 Å². The number of hydrogen-bond donors (Lipinski definition) is 0. The number of benzene rings is 2. The van der Waals surface area contributed by atoms with Gasteiger partial charge in [-0.1, -0.05) is 36.4 Å². The minimum absolute atomic E-state index is 0.174. The van der Waals surface area contributed by atoms with Crippen molar-refractivity contribution in [2.24, 2.45) is 4.99 Å². The Morgan fingerprint density at radius 1 is 0.955 bits per heavy atom. The van der Waals surface area contributed by atoms with Crippen molar-refractivity contribution in [3.63, 3.8) is 0 Å². The summed E-state index contributed by atoms with van der Waals surface area (Å²) in [5.41, 5.74) is 3.28. The van der Waals surface area contributed by atoms with E-state index in [0.29, 0.717) is 17.7 Å². The van der Waals surface area contributed by atoms with Gasteiger partial charge in [-0.25, -0.2) is 0 Å². The highest BCUT2D eigenvalue weighted by Crippen LogP contribution is 2.30. The van der Waals surface area contributed by atoms with Crippen LogP contribution in [0.1, 0.15) is 37.9 Å². The molecule has 22 heavy (non-hydrogen) atoms. The number of fused-ring (bicyclic) bond motifs is 2. The van der Waals surface area contributed by atoms with Gasteiger partial charge in [-0.3, -0.25) is 19.5 Å². The number of amides is 2. The molecule has 2 aliphatic heterocycles. The van der Waals surface area contributed by atoms with Gasteiger partial charge in [0, 0.05) is 12.6 Å². The molecule has 0 bridgehead atoms. The fraction of sp³-hybridized carbons (Fsp3) is 0.167. The zero-order valence-electron chi connectivity index (χ0n) is 11.9. The van der Waals surface area contributed by atoms with Gasteiger partial charge < -0.3 is 0 Å². The van der Waals surface area contributed by atoms with Crippen LogP contribution in [0.3, 0.4) is 0 Å². The summed E-state index contributed by atoms with van der Waals surface area (Å²) in [5, 5.41) is 0. The van der Waals surface area contributed by atoms with E-state index < -0.39 is 0 Å². The highest BCUT2D eigenvalue weighted by Gasteiger charge is 2.37. The lowest BCUT2D eigenvalue weighted by atomic mass is 9.96. The minimum Gasteiger partial charge on any atom is -0.287 e. The Hall–Kier alpha value is -2.75. The van der Waals surface area contributed by atoms with Crippen LogP contribution in [-0.4, -0.2) is 29.5 Å². The smallest absolute Gasteiger partial charge is 0.261 e. The first-order chi connectivity index (χ1) is 10.8. The van der Waals surface area contributed by atoms with Gasteiger partial charge in [-0.05, 0) is 23.3 Å². The molecular weight excluding hydrogens is 276 g/mol. The Labute approximate surface area is 128 Å². The lowest BCUT2D eigenvalue weighted by Gasteiger charge is -2.24. The first kappa shape index (κ1) is 13.0. The lowest BCUT2D eigenvalue weighted by Crippen LogP contribution is -2.34. The third-order valence-electron chi connectivity index (χ3n) is 4.24. The molecule has 0 aliphatic carbocycles. The lowest BCUT2D eigenvalue weighted by molar-refractivity contribution is 0.0645. The third kappa shape index (κ3) is 1.88. The average molecular weight is 290 g/mol. The van der Waals surface area contributed by atoms with Crippen LogP contribution < -0.4 is 0 Å². The molecule has 2 aliphatic rings. The second-order valence-electron chi connectivity index (χ2n) is 5.52. The van der Waals surface area contributed by atoms with Gasteiger partial charge in [0.25, 0.3) is 11.8 Å². The topological polar surface area (TPSA) is 49.7 Å². The molecule has 0 saturated carbocycles. The van der Waals surface area contributed by atoms with Crippen molar-refractivity contribution in [3.8, 4) is 0 Å². The van der Waals surface area contributed by atoms with Crippen molar-refractivity contribution in [1.29, 1.82) is 0 Å². The van der Waals surface area contributed by atoms with Crippen LogP contribution in [0.15, 0.2) is 53.5 Å². The highest BCUT2D eigenvalue weighted by molar-refractivity contribution is 6.21. The average Bonchev–Trinajstić information content (AvgIpc) is 2.81.